The van der Waals surface area contributed by atoms with Crippen LogP contribution < -0.4 is 9.96 Å². The molecule has 0 saturated carbocycles. The summed E-state index contributed by atoms with van der Waals surface area (Å²) >= 11 is 1.63. The predicted octanol–water partition coefficient (Wildman–Crippen LogP) is 4.60. The second kappa shape index (κ2) is 7.83. The van der Waals surface area contributed by atoms with Gasteiger partial charge in [-0.15, -0.1) is 11.8 Å². The van der Waals surface area contributed by atoms with Crippen LogP contribution in [0.3, 0.4) is 0 Å². The Hall–Kier alpha value is -3.16. The summed E-state index contributed by atoms with van der Waals surface area (Å²) in [5.41, 5.74) is 2.00. The number of hydrogen-bond acceptors (Lipinski definition) is 5. The number of hydrogen-bond donors (Lipinski definition) is 0. The summed E-state index contributed by atoms with van der Waals surface area (Å²) < 4.78 is 13.4. The van der Waals surface area contributed by atoms with Crippen molar-refractivity contribution in [3.8, 4) is 0 Å². The zero-order chi connectivity index (χ0) is 21.5. The van der Waals surface area contributed by atoms with Crippen molar-refractivity contribution in [1.82, 2.24) is 0 Å². The zero-order valence-corrected chi connectivity index (χ0v) is 17.5. The number of carbonyl (C=O) groups is 2. The van der Waals surface area contributed by atoms with Gasteiger partial charge in [0.05, 0.1) is 17.4 Å². The number of imide groups is 1. The van der Waals surface area contributed by atoms with E-state index in [9.17, 15) is 14.0 Å². The topological polar surface area (TPSA) is 49.9 Å². The van der Waals surface area contributed by atoms with Crippen molar-refractivity contribution in [2.75, 3.05) is 16.2 Å². The van der Waals surface area contributed by atoms with Crippen molar-refractivity contribution in [1.29, 1.82) is 0 Å². The first-order valence-corrected chi connectivity index (χ1v) is 11.1. The lowest BCUT2D eigenvalue weighted by Crippen LogP contribution is -2.37. The summed E-state index contributed by atoms with van der Waals surface area (Å²) in [5.74, 6) is -1.93. The summed E-state index contributed by atoms with van der Waals surface area (Å²) in [6, 6.07) is 22.2. The monoisotopic (exact) mass is 434 g/mol. The molecule has 3 aromatic rings. The number of fused-ring (bicyclic) bond motifs is 1. The van der Waals surface area contributed by atoms with E-state index in [1.807, 2.05) is 60.9 Å². The first-order valence-electron chi connectivity index (χ1n) is 9.87. The summed E-state index contributed by atoms with van der Waals surface area (Å²) in [4.78, 5) is 35.0. The van der Waals surface area contributed by atoms with E-state index in [1.54, 1.807) is 16.8 Å². The SMILES string of the molecule is CSc1ccc([C@H]2[C@@H]3C(=O)N(c4ccc(F)cc4)C(=O)[C@H]3ON2c2ccccc2)cc1. The fourth-order valence-corrected chi connectivity index (χ4v) is 4.61. The van der Waals surface area contributed by atoms with E-state index in [4.69, 9.17) is 4.84 Å². The van der Waals surface area contributed by atoms with Gasteiger partial charge in [0.1, 0.15) is 11.7 Å². The predicted molar refractivity (Wildman–Crippen MR) is 117 cm³/mol. The summed E-state index contributed by atoms with van der Waals surface area (Å²) in [5, 5.41) is 1.67. The van der Waals surface area contributed by atoms with E-state index in [-0.39, 0.29) is 5.91 Å². The van der Waals surface area contributed by atoms with Crippen LogP contribution in [0.2, 0.25) is 0 Å². The number of benzene rings is 3. The number of rotatable bonds is 4. The molecule has 5 rings (SSSR count). The number of thioether (sulfide) groups is 1. The van der Waals surface area contributed by atoms with Crippen LogP contribution in [-0.2, 0) is 14.4 Å². The fourth-order valence-electron chi connectivity index (χ4n) is 4.20. The molecule has 0 aromatic heterocycles. The quantitative estimate of drug-likeness (QED) is 0.444. The second-order valence-corrected chi connectivity index (χ2v) is 8.30. The van der Waals surface area contributed by atoms with E-state index in [0.29, 0.717) is 5.69 Å². The fraction of sp³-hybridized carbons (Fsp3) is 0.167. The number of para-hydroxylation sites is 1. The van der Waals surface area contributed by atoms with Crippen molar-refractivity contribution < 1.29 is 18.8 Å². The Labute approximate surface area is 183 Å². The summed E-state index contributed by atoms with van der Waals surface area (Å²) in [6.07, 6.45) is 1.06. The van der Waals surface area contributed by atoms with Crippen LogP contribution in [-0.4, -0.2) is 24.2 Å². The van der Waals surface area contributed by atoms with Crippen LogP contribution in [0, 0.1) is 11.7 Å². The normalized spacial score (nSPS) is 22.8. The van der Waals surface area contributed by atoms with Gasteiger partial charge in [0.25, 0.3) is 5.91 Å². The number of amides is 2. The molecule has 0 spiro atoms. The number of carbonyl (C=O) groups excluding carboxylic acids is 2. The van der Waals surface area contributed by atoms with Crippen molar-refractivity contribution in [2.45, 2.75) is 17.0 Å². The first-order chi connectivity index (χ1) is 15.1. The van der Waals surface area contributed by atoms with Gasteiger partial charge in [0, 0.05) is 4.90 Å². The molecule has 5 nitrogen and oxygen atoms in total. The lowest BCUT2D eigenvalue weighted by molar-refractivity contribution is -0.126. The van der Waals surface area contributed by atoms with Gasteiger partial charge >= 0.3 is 0 Å². The molecule has 0 aliphatic carbocycles. The lowest BCUT2D eigenvalue weighted by atomic mass is 9.90. The smallest absolute Gasteiger partial charge is 0.266 e. The van der Waals surface area contributed by atoms with Gasteiger partial charge in [-0.05, 0) is 60.4 Å². The van der Waals surface area contributed by atoms with Crippen molar-refractivity contribution in [2.24, 2.45) is 5.92 Å². The minimum Gasteiger partial charge on any atom is -0.273 e. The highest BCUT2D eigenvalue weighted by Crippen LogP contribution is 2.47. The minimum atomic E-state index is -0.942. The Morgan fingerprint density at radius 1 is 0.839 bits per heavy atom. The molecule has 3 atom stereocenters. The third-order valence-electron chi connectivity index (χ3n) is 5.67. The highest BCUT2D eigenvalue weighted by atomic mass is 32.2. The molecule has 31 heavy (non-hydrogen) atoms. The Kier molecular flexibility index (Phi) is 5.00. The van der Waals surface area contributed by atoms with Crippen LogP contribution >= 0.6 is 11.8 Å². The van der Waals surface area contributed by atoms with Crippen LogP contribution in [0.25, 0.3) is 0 Å². The molecule has 2 fully saturated rings. The second-order valence-electron chi connectivity index (χ2n) is 7.42. The number of nitrogens with zero attached hydrogens (tertiary/aromatic N) is 2. The molecule has 0 N–H and O–H groups in total. The maximum absolute atomic E-state index is 13.5. The first kappa shape index (κ1) is 19.8. The standard InChI is InChI=1S/C24H19FN2O3S/c1-31-19-13-7-15(8-14-19)21-20-22(30-27(21)18-5-3-2-4-6-18)24(29)26(23(20)28)17-11-9-16(25)10-12-17/h2-14,20-22H,1H3/t20-,21-,22-/m0/s1. The molecule has 2 amide bonds. The molecular formula is C24H19FN2O3S. The van der Waals surface area contributed by atoms with Crippen molar-refractivity contribution in [3.05, 3.63) is 90.2 Å². The molecule has 2 heterocycles. The van der Waals surface area contributed by atoms with Gasteiger partial charge in [-0.1, -0.05) is 30.3 Å². The van der Waals surface area contributed by atoms with Crippen LogP contribution in [0.1, 0.15) is 11.6 Å². The molecule has 7 heteroatoms. The molecule has 2 aliphatic heterocycles. The summed E-state index contributed by atoms with van der Waals surface area (Å²) in [6.45, 7) is 0. The van der Waals surface area contributed by atoms with E-state index in [0.717, 1.165) is 21.0 Å². The van der Waals surface area contributed by atoms with Crippen molar-refractivity contribution in [3.63, 3.8) is 0 Å². The Morgan fingerprint density at radius 2 is 1.52 bits per heavy atom. The van der Waals surface area contributed by atoms with Gasteiger partial charge in [0.2, 0.25) is 5.91 Å². The maximum atomic E-state index is 13.5. The molecule has 0 unspecified atom stereocenters. The number of anilines is 2. The van der Waals surface area contributed by atoms with Crippen LogP contribution in [0.4, 0.5) is 15.8 Å². The molecule has 2 saturated heterocycles. The average Bonchev–Trinajstić information content (AvgIpc) is 3.31. The van der Waals surface area contributed by atoms with Gasteiger partial charge < -0.3 is 0 Å². The Bertz CT molecular complexity index is 1120. The highest BCUT2D eigenvalue weighted by molar-refractivity contribution is 7.98. The minimum absolute atomic E-state index is 0.345. The highest BCUT2D eigenvalue weighted by Gasteiger charge is 2.60. The molecular weight excluding hydrogens is 415 g/mol. The van der Waals surface area contributed by atoms with E-state index in [2.05, 4.69) is 0 Å². The largest absolute Gasteiger partial charge is 0.273 e. The third kappa shape index (κ3) is 3.30. The molecule has 0 bridgehead atoms. The number of halogens is 1. The molecule has 3 aromatic carbocycles. The van der Waals surface area contributed by atoms with Gasteiger partial charge in [-0.2, -0.15) is 0 Å². The van der Waals surface area contributed by atoms with E-state index >= 15 is 0 Å². The Balaban J connectivity index is 1.57. The molecule has 0 radical (unpaired) electrons. The van der Waals surface area contributed by atoms with E-state index < -0.39 is 29.8 Å². The van der Waals surface area contributed by atoms with Gasteiger partial charge in [-0.25, -0.2) is 14.4 Å². The molecule has 2 aliphatic rings. The molecule has 156 valence electrons. The average molecular weight is 434 g/mol. The third-order valence-corrected chi connectivity index (χ3v) is 6.41. The van der Waals surface area contributed by atoms with Gasteiger partial charge in [-0.3, -0.25) is 14.4 Å². The Morgan fingerprint density at radius 3 is 2.16 bits per heavy atom. The van der Waals surface area contributed by atoms with Crippen molar-refractivity contribution >= 4 is 35.0 Å². The zero-order valence-electron chi connectivity index (χ0n) is 16.6. The van der Waals surface area contributed by atoms with Crippen LogP contribution in [0.15, 0.2) is 83.8 Å². The van der Waals surface area contributed by atoms with Gasteiger partial charge in [0.15, 0.2) is 6.10 Å². The maximum Gasteiger partial charge on any atom is 0.266 e. The lowest BCUT2D eigenvalue weighted by Gasteiger charge is -2.28. The van der Waals surface area contributed by atoms with E-state index in [1.165, 1.54) is 24.3 Å². The number of hydroxylamine groups is 1. The van der Waals surface area contributed by atoms with Crippen LogP contribution in [0.5, 0.6) is 0 Å². The summed E-state index contributed by atoms with van der Waals surface area (Å²) in [7, 11) is 0.